The molecule has 3 N–H and O–H groups in total. The van der Waals surface area contributed by atoms with Gasteiger partial charge in [-0.3, -0.25) is 4.79 Å². The van der Waals surface area contributed by atoms with Crippen molar-refractivity contribution in [3.05, 3.63) is 66.0 Å². The number of ether oxygens (including phenoxy) is 1. The first-order valence-electron chi connectivity index (χ1n) is 9.69. The summed E-state index contributed by atoms with van der Waals surface area (Å²) in [6.07, 6.45) is 0. The van der Waals surface area contributed by atoms with Gasteiger partial charge in [0.15, 0.2) is 5.82 Å². The van der Waals surface area contributed by atoms with Crippen LogP contribution in [0.2, 0.25) is 0 Å². The molecular weight excluding hydrogens is 398 g/mol. The third-order valence-electron chi connectivity index (χ3n) is 4.52. The second-order valence-corrected chi connectivity index (χ2v) is 9.26. The Morgan fingerprint density at radius 2 is 1.80 bits per heavy atom. The third kappa shape index (κ3) is 5.54. The number of rotatable bonds is 7. The molecule has 2 aromatic carbocycles. The lowest BCUT2D eigenvalue weighted by Crippen LogP contribution is -2.24. The summed E-state index contributed by atoms with van der Waals surface area (Å²) in [4.78, 5) is 12.4. The second kappa shape index (κ2) is 9.21. The molecule has 0 unspecified atom stereocenters. The highest BCUT2D eigenvalue weighted by Gasteiger charge is 2.20. The SMILES string of the molecule is C[C@H](Sc1nnc(COc2ccc(C(C)(C)C)cc2)n1N)C(=O)Nc1ccccc1. The van der Waals surface area contributed by atoms with E-state index in [0.29, 0.717) is 11.0 Å². The van der Waals surface area contributed by atoms with E-state index in [1.54, 1.807) is 6.92 Å². The Bertz CT molecular complexity index is 981. The summed E-state index contributed by atoms with van der Waals surface area (Å²) >= 11 is 1.24. The van der Waals surface area contributed by atoms with E-state index in [4.69, 9.17) is 10.6 Å². The lowest BCUT2D eigenvalue weighted by Gasteiger charge is -2.19. The molecule has 0 saturated carbocycles. The molecule has 0 fully saturated rings. The molecule has 158 valence electrons. The molecule has 0 aliphatic carbocycles. The third-order valence-corrected chi connectivity index (χ3v) is 5.57. The minimum absolute atomic E-state index is 0.0889. The molecule has 0 aliphatic heterocycles. The van der Waals surface area contributed by atoms with E-state index < -0.39 is 5.25 Å². The normalized spacial score (nSPS) is 12.4. The van der Waals surface area contributed by atoms with Crippen LogP contribution in [0, 0.1) is 0 Å². The lowest BCUT2D eigenvalue weighted by atomic mass is 9.87. The Labute approximate surface area is 181 Å². The van der Waals surface area contributed by atoms with Gasteiger partial charge in [0.05, 0.1) is 5.25 Å². The molecule has 1 atom stereocenters. The maximum absolute atomic E-state index is 12.4. The zero-order chi connectivity index (χ0) is 21.7. The Morgan fingerprint density at radius 1 is 1.13 bits per heavy atom. The van der Waals surface area contributed by atoms with E-state index in [-0.39, 0.29) is 17.9 Å². The molecule has 3 rings (SSSR count). The smallest absolute Gasteiger partial charge is 0.237 e. The van der Waals surface area contributed by atoms with E-state index in [1.165, 1.54) is 22.0 Å². The number of benzene rings is 2. The monoisotopic (exact) mass is 425 g/mol. The largest absolute Gasteiger partial charge is 0.486 e. The summed E-state index contributed by atoms with van der Waals surface area (Å²) in [5.74, 6) is 7.19. The van der Waals surface area contributed by atoms with Crippen LogP contribution in [0.5, 0.6) is 5.75 Å². The molecule has 7 nitrogen and oxygen atoms in total. The van der Waals surface area contributed by atoms with E-state index in [0.717, 1.165) is 11.4 Å². The number of carbonyl (C=O) groups is 1. The van der Waals surface area contributed by atoms with Crippen molar-refractivity contribution in [3.63, 3.8) is 0 Å². The van der Waals surface area contributed by atoms with E-state index >= 15 is 0 Å². The first-order chi connectivity index (χ1) is 14.2. The number of hydrogen-bond acceptors (Lipinski definition) is 6. The van der Waals surface area contributed by atoms with Gasteiger partial charge in [0.1, 0.15) is 12.4 Å². The van der Waals surface area contributed by atoms with Crippen LogP contribution in [0.1, 0.15) is 39.1 Å². The van der Waals surface area contributed by atoms with Gasteiger partial charge >= 0.3 is 0 Å². The number of nitrogen functional groups attached to an aromatic ring is 1. The van der Waals surface area contributed by atoms with Crippen LogP contribution in [-0.4, -0.2) is 26.0 Å². The van der Waals surface area contributed by atoms with Crippen LogP contribution >= 0.6 is 11.8 Å². The van der Waals surface area contributed by atoms with Crippen LogP contribution < -0.4 is 15.9 Å². The maximum Gasteiger partial charge on any atom is 0.237 e. The second-order valence-electron chi connectivity index (χ2n) is 7.95. The number of nitrogens with two attached hydrogens (primary N) is 1. The summed E-state index contributed by atoms with van der Waals surface area (Å²) in [5, 5.41) is 11.1. The number of hydrogen-bond donors (Lipinski definition) is 2. The number of nitrogens with one attached hydrogen (secondary N) is 1. The molecule has 0 saturated heterocycles. The van der Waals surface area contributed by atoms with E-state index in [2.05, 4.69) is 48.4 Å². The Balaban J connectivity index is 1.57. The number of nitrogens with zero attached hydrogens (tertiary/aromatic N) is 3. The van der Waals surface area contributed by atoms with Gasteiger partial charge in [-0.05, 0) is 42.2 Å². The number of para-hydroxylation sites is 1. The summed E-state index contributed by atoms with van der Waals surface area (Å²) in [5.41, 5.74) is 2.07. The van der Waals surface area contributed by atoms with Gasteiger partial charge in [-0.25, -0.2) is 4.68 Å². The number of anilines is 1. The highest BCUT2D eigenvalue weighted by molar-refractivity contribution is 8.00. The molecule has 30 heavy (non-hydrogen) atoms. The van der Waals surface area contributed by atoms with Crippen LogP contribution in [0.3, 0.4) is 0 Å². The summed E-state index contributed by atoms with van der Waals surface area (Å²) in [6, 6.07) is 17.3. The predicted molar refractivity (Wildman–Crippen MR) is 120 cm³/mol. The lowest BCUT2D eigenvalue weighted by molar-refractivity contribution is -0.115. The minimum Gasteiger partial charge on any atom is -0.486 e. The molecule has 0 radical (unpaired) electrons. The fraction of sp³-hybridized carbons (Fsp3) is 0.318. The first-order valence-corrected chi connectivity index (χ1v) is 10.6. The fourth-order valence-electron chi connectivity index (χ4n) is 2.66. The van der Waals surface area contributed by atoms with Gasteiger partial charge in [0, 0.05) is 5.69 Å². The van der Waals surface area contributed by atoms with Crippen molar-refractivity contribution in [2.75, 3.05) is 11.2 Å². The molecule has 1 amide bonds. The molecule has 0 bridgehead atoms. The number of aromatic nitrogens is 3. The number of thioether (sulfide) groups is 1. The summed E-state index contributed by atoms with van der Waals surface area (Å²) < 4.78 is 7.16. The summed E-state index contributed by atoms with van der Waals surface area (Å²) in [6.45, 7) is 8.48. The van der Waals surface area contributed by atoms with Crippen molar-refractivity contribution in [2.45, 2.75) is 50.1 Å². The van der Waals surface area contributed by atoms with Crippen LogP contribution in [0.15, 0.2) is 59.8 Å². The van der Waals surface area contributed by atoms with Gasteiger partial charge in [0.25, 0.3) is 0 Å². The quantitative estimate of drug-likeness (QED) is 0.439. The molecule has 8 heteroatoms. The Hall–Kier alpha value is -3.00. The van der Waals surface area contributed by atoms with E-state index in [1.807, 2.05) is 42.5 Å². The first kappa shape index (κ1) is 21.7. The zero-order valence-electron chi connectivity index (χ0n) is 17.6. The van der Waals surface area contributed by atoms with Gasteiger partial charge in [0.2, 0.25) is 11.1 Å². The molecule has 0 spiro atoms. The average Bonchev–Trinajstić information content (AvgIpc) is 3.06. The highest BCUT2D eigenvalue weighted by Crippen LogP contribution is 2.25. The number of amides is 1. The van der Waals surface area contributed by atoms with Crippen molar-refractivity contribution in [3.8, 4) is 5.75 Å². The molecule has 1 aromatic heterocycles. The predicted octanol–water partition coefficient (Wildman–Crippen LogP) is 3.99. The average molecular weight is 426 g/mol. The minimum atomic E-state index is -0.393. The molecular formula is C22H27N5O2S. The van der Waals surface area contributed by atoms with Gasteiger partial charge in [-0.1, -0.05) is 62.9 Å². The zero-order valence-corrected chi connectivity index (χ0v) is 18.4. The summed E-state index contributed by atoms with van der Waals surface area (Å²) in [7, 11) is 0. The Kier molecular flexibility index (Phi) is 6.66. The van der Waals surface area contributed by atoms with Crippen LogP contribution in [-0.2, 0) is 16.8 Å². The standard InChI is InChI=1S/C22H27N5O2S/c1-15(20(28)24-17-8-6-5-7-9-17)30-21-26-25-19(27(21)23)14-29-18-12-10-16(11-13-18)22(2,3)4/h5-13,15H,14,23H2,1-4H3,(H,24,28)/t15-/m0/s1. The topological polar surface area (TPSA) is 95.1 Å². The van der Waals surface area contributed by atoms with Crippen LogP contribution in [0.4, 0.5) is 5.69 Å². The van der Waals surface area contributed by atoms with Gasteiger partial charge < -0.3 is 15.9 Å². The van der Waals surface area contributed by atoms with Gasteiger partial charge in [-0.2, -0.15) is 0 Å². The maximum atomic E-state index is 12.4. The highest BCUT2D eigenvalue weighted by atomic mass is 32.2. The van der Waals surface area contributed by atoms with Crippen molar-refractivity contribution in [1.82, 2.24) is 14.9 Å². The van der Waals surface area contributed by atoms with Crippen molar-refractivity contribution in [1.29, 1.82) is 0 Å². The number of carbonyl (C=O) groups excluding carboxylic acids is 1. The van der Waals surface area contributed by atoms with Crippen molar-refractivity contribution < 1.29 is 9.53 Å². The van der Waals surface area contributed by atoms with Gasteiger partial charge in [-0.15, -0.1) is 10.2 Å². The molecule has 3 aromatic rings. The van der Waals surface area contributed by atoms with Crippen LogP contribution in [0.25, 0.3) is 0 Å². The van der Waals surface area contributed by atoms with E-state index in [9.17, 15) is 4.79 Å². The molecule has 1 heterocycles. The molecule has 0 aliphatic rings. The van der Waals surface area contributed by atoms with Crippen molar-refractivity contribution in [2.24, 2.45) is 0 Å². The fourth-order valence-corrected chi connectivity index (χ4v) is 3.45. The Morgan fingerprint density at radius 3 is 2.43 bits per heavy atom. The van der Waals surface area contributed by atoms with Crippen molar-refractivity contribution >= 4 is 23.4 Å².